The second-order valence-corrected chi connectivity index (χ2v) is 8.47. The highest BCUT2D eigenvalue weighted by Gasteiger charge is 2.21. The topological polar surface area (TPSA) is 130 Å². The van der Waals surface area contributed by atoms with Gasteiger partial charge < -0.3 is 30.2 Å². The van der Waals surface area contributed by atoms with E-state index in [0.717, 1.165) is 10.9 Å². The van der Waals surface area contributed by atoms with Gasteiger partial charge in [-0.2, -0.15) is 0 Å². The van der Waals surface area contributed by atoms with Gasteiger partial charge in [0.1, 0.15) is 6.54 Å². The van der Waals surface area contributed by atoms with Gasteiger partial charge in [-0.1, -0.05) is 30.3 Å². The second-order valence-electron chi connectivity index (χ2n) is 8.47. The molecular formula is C29H30N4O5. The van der Waals surface area contributed by atoms with Gasteiger partial charge in [0, 0.05) is 29.6 Å². The Hall–Kier alpha value is -4.79. The standard InChI is InChI=1S/C29H30N4O5/c1-4-37-24-15-22-23(16-25(24)38-5-2)32-29(36)27(22)28(19-9-7-6-8-10-19)31-20-11-13-21(14-12-20)33(18(3)34)17-26(30)35/h6-16,32,36H,4-5,17H2,1-3H3,(H2,30,35). The number of nitrogens with zero attached hydrogens (tertiary/aromatic N) is 2. The number of hydrogen-bond acceptors (Lipinski definition) is 6. The first-order chi connectivity index (χ1) is 18.3. The summed E-state index contributed by atoms with van der Waals surface area (Å²) in [5.41, 5.74) is 8.92. The zero-order chi connectivity index (χ0) is 27.2. The maximum atomic E-state index is 12.0. The van der Waals surface area contributed by atoms with Gasteiger partial charge in [0.25, 0.3) is 0 Å². The van der Waals surface area contributed by atoms with Gasteiger partial charge in [-0.3, -0.25) is 9.59 Å². The molecule has 0 saturated heterocycles. The lowest BCUT2D eigenvalue weighted by Crippen LogP contribution is -2.37. The van der Waals surface area contributed by atoms with Crippen molar-refractivity contribution in [2.75, 3.05) is 24.7 Å². The van der Waals surface area contributed by atoms with Gasteiger partial charge in [0.15, 0.2) is 17.4 Å². The number of hydrogen-bond donors (Lipinski definition) is 3. The molecule has 0 atom stereocenters. The molecule has 0 unspecified atom stereocenters. The monoisotopic (exact) mass is 514 g/mol. The molecule has 9 nitrogen and oxygen atoms in total. The third-order valence-corrected chi connectivity index (χ3v) is 5.82. The van der Waals surface area contributed by atoms with E-state index in [2.05, 4.69) is 4.98 Å². The fraction of sp³-hybridized carbons (Fsp3) is 0.207. The molecule has 4 N–H and O–H groups in total. The van der Waals surface area contributed by atoms with Crippen LogP contribution in [0.3, 0.4) is 0 Å². The molecule has 3 aromatic carbocycles. The highest BCUT2D eigenvalue weighted by Crippen LogP contribution is 2.38. The molecule has 2 amide bonds. The van der Waals surface area contributed by atoms with E-state index < -0.39 is 5.91 Å². The lowest BCUT2D eigenvalue weighted by molar-refractivity contribution is -0.121. The molecule has 4 rings (SSSR count). The van der Waals surface area contributed by atoms with Crippen LogP contribution in [0.1, 0.15) is 31.9 Å². The molecular weight excluding hydrogens is 484 g/mol. The van der Waals surface area contributed by atoms with Gasteiger partial charge in [-0.25, -0.2) is 4.99 Å². The number of rotatable bonds is 10. The average molecular weight is 515 g/mol. The van der Waals surface area contributed by atoms with Crippen molar-refractivity contribution in [2.45, 2.75) is 20.8 Å². The Morgan fingerprint density at radius 2 is 1.61 bits per heavy atom. The number of benzene rings is 3. The summed E-state index contributed by atoms with van der Waals surface area (Å²) >= 11 is 0. The first-order valence-corrected chi connectivity index (χ1v) is 12.3. The summed E-state index contributed by atoms with van der Waals surface area (Å²) < 4.78 is 11.6. The minimum absolute atomic E-state index is 0.0421. The molecule has 1 aromatic heterocycles. The first kappa shape index (κ1) is 26.3. The predicted molar refractivity (Wildman–Crippen MR) is 148 cm³/mol. The van der Waals surface area contributed by atoms with E-state index in [-0.39, 0.29) is 18.3 Å². The number of carbonyl (C=O) groups excluding carboxylic acids is 2. The molecule has 0 fully saturated rings. The summed E-state index contributed by atoms with van der Waals surface area (Å²) in [5.74, 6) is 0.194. The van der Waals surface area contributed by atoms with Crippen LogP contribution in [0.15, 0.2) is 71.7 Å². The zero-order valence-corrected chi connectivity index (χ0v) is 21.5. The average Bonchev–Trinajstić information content (AvgIpc) is 3.21. The van der Waals surface area contributed by atoms with Crippen LogP contribution in [0, 0.1) is 0 Å². The lowest BCUT2D eigenvalue weighted by atomic mass is 10.0. The number of ether oxygens (including phenoxy) is 2. The van der Waals surface area contributed by atoms with E-state index in [4.69, 9.17) is 20.2 Å². The molecule has 0 radical (unpaired) electrons. The van der Waals surface area contributed by atoms with Gasteiger partial charge >= 0.3 is 0 Å². The Kier molecular flexibility index (Phi) is 7.96. The number of fused-ring (bicyclic) bond motifs is 1. The van der Waals surface area contributed by atoms with Gasteiger partial charge in [-0.15, -0.1) is 0 Å². The van der Waals surface area contributed by atoms with E-state index in [9.17, 15) is 14.7 Å². The van der Waals surface area contributed by atoms with Gasteiger partial charge in [0.05, 0.1) is 35.7 Å². The number of aromatic amines is 1. The van der Waals surface area contributed by atoms with E-state index in [0.29, 0.717) is 52.9 Å². The first-order valence-electron chi connectivity index (χ1n) is 12.3. The van der Waals surface area contributed by atoms with Crippen LogP contribution in [0.5, 0.6) is 17.4 Å². The van der Waals surface area contributed by atoms with Gasteiger partial charge in [-0.05, 0) is 44.2 Å². The number of aromatic hydroxyl groups is 1. The van der Waals surface area contributed by atoms with Crippen LogP contribution >= 0.6 is 0 Å². The number of carbonyl (C=O) groups is 2. The number of aromatic nitrogens is 1. The number of aliphatic imine (C=N–C) groups is 1. The maximum Gasteiger partial charge on any atom is 0.237 e. The van der Waals surface area contributed by atoms with Crippen LogP contribution in [-0.2, 0) is 9.59 Å². The number of H-pyrrole nitrogens is 1. The molecule has 0 bridgehead atoms. The Morgan fingerprint density at radius 1 is 0.974 bits per heavy atom. The molecule has 1 heterocycles. The normalized spacial score (nSPS) is 11.4. The molecule has 38 heavy (non-hydrogen) atoms. The third kappa shape index (κ3) is 5.62. The Balaban J connectivity index is 1.86. The van der Waals surface area contributed by atoms with Crippen LogP contribution in [0.2, 0.25) is 0 Å². The molecule has 0 spiro atoms. The Morgan fingerprint density at radius 3 is 2.18 bits per heavy atom. The molecule has 0 saturated carbocycles. The minimum Gasteiger partial charge on any atom is -0.494 e. The Labute approximate surface area is 220 Å². The summed E-state index contributed by atoms with van der Waals surface area (Å²) in [7, 11) is 0. The van der Waals surface area contributed by atoms with E-state index in [1.165, 1.54) is 11.8 Å². The van der Waals surface area contributed by atoms with Crippen LogP contribution in [0.25, 0.3) is 10.9 Å². The third-order valence-electron chi connectivity index (χ3n) is 5.82. The molecule has 0 aliphatic heterocycles. The molecule has 0 aliphatic carbocycles. The quantitative estimate of drug-likeness (QED) is 0.265. The SMILES string of the molecule is CCOc1cc2[nH]c(O)c(C(=Nc3ccc(N(CC(N)=O)C(C)=O)cc3)c3ccccc3)c2cc1OCC. The van der Waals surface area contributed by atoms with Gasteiger partial charge in [0.2, 0.25) is 11.8 Å². The number of nitrogens with one attached hydrogen (secondary N) is 1. The van der Waals surface area contributed by atoms with Crippen molar-refractivity contribution in [1.82, 2.24) is 4.98 Å². The van der Waals surface area contributed by atoms with Crippen molar-refractivity contribution >= 4 is 39.8 Å². The number of anilines is 1. The largest absolute Gasteiger partial charge is 0.494 e. The second kappa shape index (κ2) is 11.5. The van der Waals surface area contributed by atoms with Crippen molar-refractivity contribution in [3.8, 4) is 17.4 Å². The van der Waals surface area contributed by atoms with E-state index >= 15 is 0 Å². The van der Waals surface area contributed by atoms with Crippen LogP contribution in [-0.4, -0.2) is 47.4 Å². The summed E-state index contributed by atoms with van der Waals surface area (Å²) in [4.78, 5) is 32.7. The van der Waals surface area contributed by atoms with Crippen molar-refractivity contribution in [3.05, 3.63) is 77.9 Å². The van der Waals surface area contributed by atoms with Crippen molar-refractivity contribution in [2.24, 2.45) is 10.7 Å². The molecule has 4 aromatic rings. The summed E-state index contributed by atoms with van der Waals surface area (Å²) in [6.45, 7) is 5.87. The Bertz CT molecular complexity index is 1480. The summed E-state index contributed by atoms with van der Waals surface area (Å²) in [5, 5.41) is 11.8. The van der Waals surface area contributed by atoms with Crippen molar-refractivity contribution in [3.63, 3.8) is 0 Å². The summed E-state index contributed by atoms with van der Waals surface area (Å²) in [6.07, 6.45) is 0. The van der Waals surface area contributed by atoms with E-state index in [1.54, 1.807) is 30.3 Å². The predicted octanol–water partition coefficient (Wildman–Crippen LogP) is 4.68. The maximum absolute atomic E-state index is 12.0. The van der Waals surface area contributed by atoms with Crippen molar-refractivity contribution in [1.29, 1.82) is 0 Å². The molecule has 0 aliphatic rings. The molecule has 196 valence electrons. The zero-order valence-electron chi connectivity index (χ0n) is 21.5. The minimum atomic E-state index is -0.609. The smallest absolute Gasteiger partial charge is 0.237 e. The van der Waals surface area contributed by atoms with Crippen molar-refractivity contribution < 1.29 is 24.2 Å². The van der Waals surface area contributed by atoms with Crippen LogP contribution < -0.4 is 20.1 Å². The summed E-state index contributed by atoms with van der Waals surface area (Å²) in [6, 6.07) is 20.0. The van der Waals surface area contributed by atoms with E-state index in [1.807, 2.05) is 50.2 Å². The molecule has 9 heteroatoms. The fourth-order valence-electron chi connectivity index (χ4n) is 4.20. The lowest BCUT2D eigenvalue weighted by Gasteiger charge is -2.19. The highest BCUT2D eigenvalue weighted by atomic mass is 16.5. The highest BCUT2D eigenvalue weighted by molar-refractivity contribution is 6.22. The van der Waals surface area contributed by atoms with Crippen LogP contribution in [0.4, 0.5) is 11.4 Å². The number of amides is 2. The number of nitrogens with two attached hydrogens (primary N) is 1. The fourth-order valence-corrected chi connectivity index (χ4v) is 4.20. The number of primary amides is 1.